The number of nitrogens with zero attached hydrogens (tertiary/aromatic N) is 1. The van der Waals surface area contributed by atoms with Crippen LogP contribution in [0.2, 0.25) is 0 Å². The number of hydrogen-bond acceptors (Lipinski definition) is 4. The Labute approximate surface area is 181 Å². The standard InChI is InChI=1S/C25H25NO3S/c1-18(2)29-25(30-22-12-8-5-9-13-22)23(19-10-6-4-7-11-19)26(24(25)27)20-14-16-21(28-3)17-15-20/h4-18,23H,1-3H3/t23-,25-/m1/s1. The van der Waals surface area contributed by atoms with Crippen LogP contribution < -0.4 is 9.64 Å². The zero-order valence-electron chi connectivity index (χ0n) is 17.3. The molecule has 1 aliphatic rings. The Morgan fingerprint density at radius 1 is 0.900 bits per heavy atom. The largest absolute Gasteiger partial charge is 0.497 e. The summed E-state index contributed by atoms with van der Waals surface area (Å²) in [6, 6.07) is 27.4. The molecule has 2 atom stereocenters. The molecule has 1 heterocycles. The van der Waals surface area contributed by atoms with Gasteiger partial charge >= 0.3 is 0 Å². The van der Waals surface area contributed by atoms with E-state index >= 15 is 0 Å². The van der Waals surface area contributed by atoms with Crippen LogP contribution in [-0.4, -0.2) is 24.1 Å². The minimum absolute atomic E-state index is 0.0518. The van der Waals surface area contributed by atoms with Gasteiger partial charge in [-0.25, -0.2) is 0 Å². The summed E-state index contributed by atoms with van der Waals surface area (Å²) in [4.78, 5) is 15.5. The van der Waals surface area contributed by atoms with Crippen molar-refractivity contribution in [1.82, 2.24) is 0 Å². The number of rotatable bonds is 7. The lowest BCUT2D eigenvalue weighted by molar-refractivity contribution is -0.152. The molecule has 4 nitrogen and oxygen atoms in total. The van der Waals surface area contributed by atoms with Crippen LogP contribution in [0.4, 0.5) is 5.69 Å². The minimum Gasteiger partial charge on any atom is -0.497 e. The van der Waals surface area contributed by atoms with E-state index in [4.69, 9.17) is 9.47 Å². The molecule has 0 N–H and O–H groups in total. The number of anilines is 1. The molecule has 0 aliphatic carbocycles. The van der Waals surface area contributed by atoms with Crippen molar-refractivity contribution in [2.24, 2.45) is 0 Å². The summed E-state index contributed by atoms with van der Waals surface area (Å²) in [6.07, 6.45) is -0.102. The van der Waals surface area contributed by atoms with E-state index in [1.807, 2.05) is 91.5 Å². The summed E-state index contributed by atoms with van der Waals surface area (Å²) < 4.78 is 11.7. The van der Waals surface area contributed by atoms with Crippen LogP contribution in [0.5, 0.6) is 5.75 Å². The molecular formula is C25H25NO3S. The molecule has 3 aromatic rings. The van der Waals surface area contributed by atoms with Gasteiger partial charge in [-0.1, -0.05) is 60.3 Å². The van der Waals surface area contributed by atoms with Gasteiger partial charge in [0.1, 0.15) is 11.8 Å². The monoisotopic (exact) mass is 419 g/mol. The zero-order chi connectivity index (χ0) is 21.1. The van der Waals surface area contributed by atoms with Gasteiger partial charge in [0.15, 0.2) is 0 Å². The Bertz CT molecular complexity index is 992. The van der Waals surface area contributed by atoms with E-state index in [9.17, 15) is 4.79 Å². The lowest BCUT2D eigenvalue weighted by atomic mass is 9.88. The van der Waals surface area contributed by atoms with Crippen LogP contribution in [0.15, 0.2) is 89.8 Å². The normalized spacial score (nSPS) is 20.9. The molecule has 1 amide bonds. The molecule has 154 valence electrons. The van der Waals surface area contributed by atoms with Crippen molar-refractivity contribution >= 4 is 23.4 Å². The van der Waals surface area contributed by atoms with Gasteiger partial charge in [0.2, 0.25) is 4.93 Å². The highest BCUT2D eigenvalue weighted by Crippen LogP contribution is 2.56. The summed E-state index contributed by atoms with van der Waals surface area (Å²) in [5.74, 6) is 0.704. The molecule has 0 aromatic heterocycles. The quantitative estimate of drug-likeness (QED) is 0.364. The first-order valence-electron chi connectivity index (χ1n) is 9.99. The van der Waals surface area contributed by atoms with Crippen LogP contribution in [0, 0.1) is 0 Å². The smallest absolute Gasteiger partial charge is 0.273 e. The van der Waals surface area contributed by atoms with Gasteiger partial charge in [-0.2, -0.15) is 0 Å². The van der Waals surface area contributed by atoms with Gasteiger partial charge in [-0.15, -0.1) is 0 Å². The van der Waals surface area contributed by atoms with Gasteiger partial charge in [-0.05, 0) is 55.8 Å². The van der Waals surface area contributed by atoms with Crippen LogP contribution in [-0.2, 0) is 9.53 Å². The van der Waals surface area contributed by atoms with Crippen molar-refractivity contribution in [3.05, 3.63) is 90.5 Å². The molecule has 0 unspecified atom stereocenters. The fourth-order valence-electron chi connectivity index (χ4n) is 3.77. The van der Waals surface area contributed by atoms with Crippen LogP contribution in [0.25, 0.3) is 0 Å². The number of methoxy groups -OCH3 is 1. The number of thioether (sulfide) groups is 1. The SMILES string of the molecule is COc1ccc(N2C(=O)[C@](OC(C)C)(Sc3ccccc3)[C@H]2c2ccccc2)cc1. The number of hydrogen-bond donors (Lipinski definition) is 0. The molecule has 1 aliphatic heterocycles. The highest BCUT2D eigenvalue weighted by molar-refractivity contribution is 8.01. The number of β-lactam (4-membered cyclic amide) rings is 1. The lowest BCUT2D eigenvalue weighted by Gasteiger charge is -2.55. The van der Waals surface area contributed by atoms with Crippen molar-refractivity contribution < 1.29 is 14.3 Å². The topological polar surface area (TPSA) is 38.8 Å². The van der Waals surface area contributed by atoms with Gasteiger partial charge < -0.3 is 9.47 Å². The predicted octanol–water partition coefficient (Wildman–Crippen LogP) is 5.70. The number of benzene rings is 3. The van der Waals surface area contributed by atoms with E-state index < -0.39 is 4.93 Å². The van der Waals surface area contributed by atoms with Crippen molar-refractivity contribution in [1.29, 1.82) is 0 Å². The molecule has 0 bridgehead atoms. The van der Waals surface area contributed by atoms with Crippen LogP contribution in [0.3, 0.4) is 0 Å². The van der Waals surface area contributed by atoms with E-state index in [1.165, 1.54) is 11.8 Å². The molecule has 0 radical (unpaired) electrons. The average Bonchev–Trinajstić information content (AvgIpc) is 2.77. The highest BCUT2D eigenvalue weighted by Gasteiger charge is 2.64. The average molecular weight is 420 g/mol. The Balaban J connectivity index is 1.80. The Hall–Kier alpha value is -2.76. The molecule has 0 spiro atoms. The third-order valence-corrected chi connectivity index (χ3v) is 6.33. The Morgan fingerprint density at radius 2 is 1.50 bits per heavy atom. The number of carbonyl (C=O) groups excluding carboxylic acids is 1. The summed E-state index contributed by atoms with van der Waals surface area (Å²) in [7, 11) is 1.63. The van der Waals surface area contributed by atoms with Crippen LogP contribution >= 0.6 is 11.8 Å². The number of carbonyl (C=O) groups is 1. The van der Waals surface area contributed by atoms with E-state index in [0.29, 0.717) is 0 Å². The van der Waals surface area contributed by atoms with Crippen molar-refractivity contribution in [2.45, 2.75) is 35.8 Å². The maximum atomic E-state index is 13.7. The molecule has 3 aromatic carbocycles. The Morgan fingerprint density at radius 3 is 2.07 bits per heavy atom. The second kappa shape index (κ2) is 8.54. The van der Waals surface area contributed by atoms with Gasteiger partial charge in [0.05, 0.1) is 13.2 Å². The van der Waals surface area contributed by atoms with Crippen molar-refractivity contribution in [2.75, 3.05) is 12.0 Å². The lowest BCUT2D eigenvalue weighted by Crippen LogP contribution is -2.68. The minimum atomic E-state index is -1.03. The van der Waals surface area contributed by atoms with Crippen molar-refractivity contribution in [3.8, 4) is 5.75 Å². The summed E-state index contributed by atoms with van der Waals surface area (Å²) in [5.41, 5.74) is 1.86. The third kappa shape index (κ3) is 3.71. The highest BCUT2D eigenvalue weighted by atomic mass is 32.2. The first-order valence-corrected chi connectivity index (χ1v) is 10.8. The van der Waals surface area contributed by atoms with E-state index in [1.54, 1.807) is 7.11 Å². The predicted molar refractivity (Wildman–Crippen MR) is 121 cm³/mol. The van der Waals surface area contributed by atoms with Crippen LogP contribution in [0.1, 0.15) is 25.5 Å². The molecule has 5 heteroatoms. The molecule has 0 saturated carbocycles. The van der Waals surface area contributed by atoms with Gasteiger partial charge in [-0.3, -0.25) is 9.69 Å². The van der Waals surface area contributed by atoms with Gasteiger partial charge in [0, 0.05) is 10.6 Å². The number of ether oxygens (including phenoxy) is 2. The maximum Gasteiger partial charge on any atom is 0.273 e. The maximum absolute atomic E-state index is 13.7. The summed E-state index contributed by atoms with van der Waals surface area (Å²) >= 11 is 1.49. The zero-order valence-corrected chi connectivity index (χ0v) is 18.1. The van der Waals surface area contributed by atoms with E-state index in [-0.39, 0.29) is 18.1 Å². The third-order valence-electron chi connectivity index (χ3n) is 5.02. The molecule has 1 saturated heterocycles. The van der Waals surface area contributed by atoms with Crippen molar-refractivity contribution in [3.63, 3.8) is 0 Å². The fourth-order valence-corrected chi connectivity index (χ4v) is 5.19. The molecule has 30 heavy (non-hydrogen) atoms. The molecule has 4 rings (SSSR count). The molecular weight excluding hydrogens is 394 g/mol. The number of amides is 1. The molecule has 1 fully saturated rings. The fraction of sp³-hybridized carbons (Fsp3) is 0.240. The van der Waals surface area contributed by atoms with E-state index in [2.05, 4.69) is 12.1 Å². The van der Waals surface area contributed by atoms with E-state index in [0.717, 1.165) is 21.9 Å². The first kappa shape index (κ1) is 20.5. The summed E-state index contributed by atoms with van der Waals surface area (Å²) in [6.45, 7) is 3.94. The second-order valence-electron chi connectivity index (χ2n) is 7.44. The first-order chi connectivity index (χ1) is 14.5. The summed E-state index contributed by atoms with van der Waals surface area (Å²) in [5, 5.41) is 0. The Kier molecular flexibility index (Phi) is 5.84. The second-order valence-corrected chi connectivity index (χ2v) is 8.72. The van der Waals surface area contributed by atoms with Gasteiger partial charge in [0.25, 0.3) is 5.91 Å².